The number of rotatable bonds is 4. The Bertz CT molecular complexity index is 3800. The van der Waals surface area contributed by atoms with E-state index in [0.29, 0.717) is 0 Å². The molecule has 270 valence electrons. The topological polar surface area (TPSA) is 9.86 Å². The minimum Gasteiger partial charge on any atom is -0.309 e. The minimum absolute atomic E-state index is 1.18. The van der Waals surface area contributed by atoms with Gasteiger partial charge in [-0.1, -0.05) is 97.1 Å². The van der Waals surface area contributed by atoms with Crippen LogP contribution in [0.3, 0.4) is 0 Å². The maximum absolute atomic E-state index is 2.45. The first-order valence-electron chi connectivity index (χ1n) is 19.7. The zero-order chi connectivity index (χ0) is 37.9. The van der Waals surface area contributed by atoms with Crippen LogP contribution in [-0.4, -0.2) is 9.13 Å². The summed E-state index contributed by atoms with van der Waals surface area (Å²) in [7, 11) is 0. The Balaban J connectivity index is 0.947. The molecule has 4 heterocycles. The quantitative estimate of drug-likeness (QED) is 0.169. The summed E-state index contributed by atoms with van der Waals surface area (Å²) in [4.78, 5) is 0. The Hall–Kier alpha value is -6.98. The van der Waals surface area contributed by atoms with E-state index in [1.165, 1.54) is 118 Å². The predicted molar refractivity (Wildman–Crippen MR) is 252 cm³/mol. The number of fused-ring (bicyclic) bond motifs is 12. The summed E-state index contributed by atoms with van der Waals surface area (Å²) in [6.45, 7) is 0. The monoisotopic (exact) mass is 772 g/mol. The molecular formula is C54H32N2S2. The van der Waals surface area contributed by atoms with Crippen molar-refractivity contribution in [1.82, 2.24) is 9.13 Å². The van der Waals surface area contributed by atoms with Gasteiger partial charge in [0, 0.05) is 73.3 Å². The molecule has 58 heavy (non-hydrogen) atoms. The van der Waals surface area contributed by atoms with Crippen molar-refractivity contribution in [2.45, 2.75) is 0 Å². The molecule has 9 aromatic carbocycles. The molecule has 0 atom stereocenters. The van der Waals surface area contributed by atoms with E-state index in [1.54, 1.807) is 0 Å². The lowest BCUT2D eigenvalue weighted by Crippen LogP contribution is -1.93. The van der Waals surface area contributed by atoms with Crippen LogP contribution in [0.1, 0.15) is 0 Å². The van der Waals surface area contributed by atoms with E-state index in [-0.39, 0.29) is 0 Å². The van der Waals surface area contributed by atoms with Crippen LogP contribution in [0.15, 0.2) is 194 Å². The molecular weight excluding hydrogens is 741 g/mol. The Labute approximate surface area is 341 Å². The van der Waals surface area contributed by atoms with Gasteiger partial charge in [-0.2, -0.15) is 0 Å². The molecule has 0 bridgehead atoms. The van der Waals surface area contributed by atoms with Gasteiger partial charge < -0.3 is 9.13 Å². The number of benzene rings is 9. The van der Waals surface area contributed by atoms with E-state index in [0.717, 1.165) is 0 Å². The highest BCUT2D eigenvalue weighted by molar-refractivity contribution is 7.26. The molecule has 0 aliphatic heterocycles. The third-order valence-electron chi connectivity index (χ3n) is 12.1. The highest BCUT2D eigenvalue weighted by Crippen LogP contribution is 2.42. The van der Waals surface area contributed by atoms with Gasteiger partial charge in [-0.3, -0.25) is 0 Å². The molecule has 4 aromatic heterocycles. The Morgan fingerprint density at radius 1 is 0.241 bits per heavy atom. The third kappa shape index (κ3) is 4.70. The van der Waals surface area contributed by atoms with Crippen molar-refractivity contribution in [2.24, 2.45) is 0 Å². The molecule has 0 aliphatic carbocycles. The van der Waals surface area contributed by atoms with Crippen molar-refractivity contribution in [3.8, 4) is 33.6 Å². The molecule has 0 radical (unpaired) electrons. The average Bonchev–Trinajstić information content (AvgIpc) is 4.03. The minimum atomic E-state index is 1.18. The van der Waals surface area contributed by atoms with E-state index in [1.807, 2.05) is 22.7 Å². The summed E-state index contributed by atoms with van der Waals surface area (Å²) in [6, 6.07) is 72.0. The van der Waals surface area contributed by atoms with E-state index in [4.69, 9.17) is 0 Å². The van der Waals surface area contributed by atoms with Crippen LogP contribution in [0.25, 0.3) is 118 Å². The first-order valence-corrected chi connectivity index (χ1v) is 21.4. The molecule has 0 unspecified atom stereocenters. The normalized spacial score (nSPS) is 12.1. The van der Waals surface area contributed by atoms with E-state index >= 15 is 0 Å². The van der Waals surface area contributed by atoms with Crippen molar-refractivity contribution in [3.05, 3.63) is 194 Å². The lowest BCUT2D eigenvalue weighted by atomic mass is 10.0. The molecule has 0 amide bonds. The molecule has 0 N–H and O–H groups in total. The summed E-state index contributed by atoms with van der Waals surface area (Å²) >= 11 is 3.75. The van der Waals surface area contributed by atoms with Crippen molar-refractivity contribution in [2.75, 3.05) is 0 Å². The zero-order valence-corrected chi connectivity index (χ0v) is 32.8. The second-order valence-corrected chi connectivity index (χ2v) is 17.5. The summed E-state index contributed by atoms with van der Waals surface area (Å²) < 4.78 is 10.1. The van der Waals surface area contributed by atoms with Gasteiger partial charge in [-0.05, 0) is 119 Å². The fourth-order valence-corrected chi connectivity index (χ4v) is 11.6. The molecule has 0 saturated carbocycles. The number of para-hydroxylation sites is 3. The number of hydrogen-bond acceptors (Lipinski definition) is 2. The van der Waals surface area contributed by atoms with Gasteiger partial charge in [-0.15, -0.1) is 22.7 Å². The molecule has 2 nitrogen and oxygen atoms in total. The lowest BCUT2D eigenvalue weighted by Gasteiger charge is -2.10. The predicted octanol–water partition coefficient (Wildman–Crippen LogP) is 16.0. The molecule has 4 heteroatoms. The van der Waals surface area contributed by atoms with Crippen LogP contribution in [0.2, 0.25) is 0 Å². The highest BCUT2D eigenvalue weighted by Gasteiger charge is 2.17. The molecule has 0 saturated heterocycles. The maximum Gasteiger partial charge on any atom is 0.0541 e. The van der Waals surface area contributed by atoms with Crippen LogP contribution in [0, 0.1) is 0 Å². The summed E-state index contributed by atoms with van der Waals surface area (Å²) in [5, 5.41) is 10.3. The SMILES string of the molecule is c1ccc(-n2c3ccccc3c3cc(-c4ccc5c(c4)c4ccccc4n5-c4ccc5sc6ccc(-c7ccc8sc9ccccc9c8c7)cc6c5c4)ccc32)cc1. The van der Waals surface area contributed by atoms with Crippen LogP contribution in [0.4, 0.5) is 0 Å². The molecule has 0 fully saturated rings. The first kappa shape index (κ1) is 32.1. The van der Waals surface area contributed by atoms with Crippen LogP contribution >= 0.6 is 22.7 Å². The summed E-state index contributed by atoms with van der Waals surface area (Å²) in [5.74, 6) is 0. The van der Waals surface area contributed by atoms with Crippen molar-refractivity contribution >= 4 is 107 Å². The molecule has 0 spiro atoms. The van der Waals surface area contributed by atoms with E-state index < -0.39 is 0 Å². The second-order valence-electron chi connectivity index (χ2n) is 15.3. The van der Waals surface area contributed by atoms with E-state index in [9.17, 15) is 0 Å². The Morgan fingerprint density at radius 2 is 0.638 bits per heavy atom. The smallest absolute Gasteiger partial charge is 0.0541 e. The van der Waals surface area contributed by atoms with Crippen LogP contribution in [0.5, 0.6) is 0 Å². The lowest BCUT2D eigenvalue weighted by molar-refractivity contribution is 1.18. The summed E-state index contributed by atoms with van der Waals surface area (Å²) in [6.07, 6.45) is 0. The first-order chi connectivity index (χ1) is 28.7. The highest BCUT2D eigenvalue weighted by atomic mass is 32.1. The standard InChI is InChI=1S/C54H32N2S2/c1-2-10-37(11-3-1)55-47-15-7-4-12-39(47)42-28-33(18-23-49(42)55)34-19-24-50-43(29-34)40-13-5-8-16-48(40)56(50)38-22-27-54-46(32-38)45-31-36(21-26-53(45)58-54)35-20-25-52-44(30-35)41-14-6-9-17-51(41)57-52/h1-32H. The Morgan fingerprint density at radius 3 is 1.24 bits per heavy atom. The number of thiophene rings is 2. The van der Waals surface area contributed by atoms with Crippen LogP contribution < -0.4 is 0 Å². The zero-order valence-electron chi connectivity index (χ0n) is 31.2. The molecule has 0 aliphatic rings. The number of hydrogen-bond donors (Lipinski definition) is 0. The van der Waals surface area contributed by atoms with Gasteiger partial charge in [0.2, 0.25) is 0 Å². The fourth-order valence-electron chi connectivity index (χ4n) is 9.43. The summed E-state index contributed by atoms with van der Waals surface area (Å²) in [5.41, 5.74) is 12.2. The maximum atomic E-state index is 2.45. The van der Waals surface area contributed by atoms with Crippen LogP contribution in [-0.2, 0) is 0 Å². The van der Waals surface area contributed by atoms with Crippen molar-refractivity contribution in [1.29, 1.82) is 0 Å². The third-order valence-corrected chi connectivity index (χ3v) is 14.4. The van der Waals surface area contributed by atoms with E-state index in [2.05, 4.69) is 203 Å². The largest absolute Gasteiger partial charge is 0.309 e. The van der Waals surface area contributed by atoms with Gasteiger partial charge >= 0.3 is 0 Å². The Kier molecular flexibility index (Phi) is 6.79. The molecule has 13 aromatic rings. The number of nitrogens with zero attached hydrogens (tertiary/aromatic N) is 2. The van der Waals surface area contributed by atoms with Gasteiger partial charge in [0.25, 0.3) is 0 Å². The number of aromatic nitrogens is 2. The van der Waals surface area contributed by atoms with Crippen molar-refractivity contribution < 1.29 is 0 Å². The van der Waals surface area contributed by atoms with Gasteiger partial charge in [0.15, 0.2) is 0 Å². The van der Waals surface area contributed by atoms with Gasteiger partial charge in [-0.25, -0.2) is 0 Å². The second kappa shape index (κ2) is 12.3. The average molecular weight is 773 g/mol. The molecule has 13 rings (SSSR count). The van der Waals surface area contributed by atoms with Gasteiger partial charge in [0.05, 0.1) is 22.1 Å². The van der Waals surface area contributed by atoms with Gasteiger partial charge in [0.1, 0.15) is 0 Å². The van der Waals surface area contributed by atoms with Crippen molar-refractivity contribution in [3.63, 3.8) is 0 Å². The fraction of sp³-hybridized carbons (Fsp3) is 0.